The summed E-state index contributed by atoms with van der Waals surface area (Å²) in [5.41, 5.74) is -1.58. The predicted molar refractivity (Wildman–Crippen MR) is 82.5 cm³/mol. The summed E-state index contributed by atoms with van der Waals surface area (Å²) in [5, 5.41) is 2.10. The minimum absolute atomic E-state index is 0.101. The molecule has 23 heavy (non-hydrogen) atoms. The molecular weight excluding hydrogens is 329 g/mol. The third kappa shape index (κ3) is 6.78. The molecule has 1 heterocycles. The zero-order valence-electron chi connectivity index (χ0n) is 12.7. The molecule has 0 fully saturated rings. The van der Waals surface area contributed by atoms with E-state index >= 15 is 0 Å². The summed E-state index contributed by atoms with van der Waals surface area (Å²) in [4.78, 5) is 37.1. The quantitative estimate of drug-likeness (QED) is 0.412. The van der Waals surface area contributed by atoms with E-state index in [-0.39, 0.29) is 19.3 Å². The topological polar surface area (TPSA) is 99.5 Å². The number of anilines is 1. The molecule has 0 aliphatic rings. The maximum Gasteiger partial charge on any atom is 0.351 e. The van der Waals surface area contributed by atoms with Gasteiger partial charge in [-0.3, -0.25) is 14.2 Å². The SMILES string of the molecule is CCCC(=O)OC[C@H](S)OCn1cc(F)c(NC(C)=O)nc1=O. The first-order valence-electron chi connectivity index (χ1n) is 6.83. The number of esters is 1. The summed E-state index contributed by atoms with van der Waals surface area (Å²) in [7, 11) is 0. The molecule has 0 saturated carbocycles. The predicted octanol–water partition coefficient (Wildman–Crippen LogP) is 0.914. The summed E-state index contributed by atoms with van der Waals surface area (Å²) < 4.78 is 24.6. The van der Waals surface area contributed by atoms with E-state index in [1.54, 1.807) is 0 Å². The van der Waals surface area contributed by atoms with Gasteiger partial charge in [-0.1, -0.05) is 6.92 Å². The smallest absolute Gasteiger partial charge is 0.351 e. The lowest BCUT2D eigenvalue weighted by atomic mass is 10.3. The van der Waals surface area contributed by atoms with E-state index in [9.17, 15) is 18.8 Å². The largest absolute Gasteiger partial charge is 0.462 e. The van der Waals surface area contributed by atoms with Crippen molar-refractivity contribution in [1.82, 2.24) is 9.55 Å². The van der Waals surface area contributed by atoms with Gasteiger partial charge in [0.1, 0.15) is 18.8 Å². The first kappa shape index (κ1) is 19.1. The molecule has 128 valence electrons. The zero-order valence-corrected chi connectivity index (χ0v) is 13.6. The second kappa shape index (κ2) is 9.26. The number of aromatic nitrogens is 2. The number of halogens is 1. The Bertz CT molecular complexity index is 622. The first-order chi connectivity index (χ1) is 10.8. The van der Waals surface area contributed by atoms with Crippen molar-refractivity contribution in [2.45, 2.75) is 38.9 Å². The third-order valence-corrected chi connectivity index (χ3v) is 2.79. The average molecular weight is 347 g/mol. The number of rotatable bonds is 8. The van der Waals surface area contributed by atoms with Crippen LogP contribution in [0, 0.1) is 5.82 Å². The highest BCUT2D eigenvalue weighted by Crippen LogP contribution is 2.07. The van der Waals surface area contributed by atoms with Crippen LogP contribution in [-0.4, -0.2) is 33.5 Å². The molecular formula is C13H18FN3O5S. The molecule has 0 aromatic carbocycles. The van der Waals surface area contributed by atoms with Crippen LogP contribution in [0.1, 0.15) is 26.7 Å². The van der Waals surface area contributed by atoms with Gasteiger partial charge >= 0.3 is 11.7 Å². The Labute approximate surface area is 137 Å². The van der Waals surface area contributed by atoms with E-state index < -0.39 is 28.7 Å². The van der Waals surface area contributed by atoms with Crippen LogP contribution < -0.4 is 11.0 Å². The molecule has 0 spiro atoms. The minimum atomic E-state index is -0.881. The molecule has 1 aromatic heterocycles. The summed E-state index contributed by atoms with van der Waals surface area (Å²) in [6, 6.07) is 0. The maximum atomic E-state index is 13.7. The third-order valence-electron chi connectivity index (χ3n) is 2.49. The highest BCUT2D eigenvalue weighted by Gasteiger charge is 2.12. The van der Waals surface area contributed by atoms with E-state index in [1.807, 2.05) is 6.92 Å². The fraction of sp³-hybridized carbons (Fsp3) is 0.538. The van der Waals surface area contributed by atoms with Crippen LogP contribution in [0.3, 0.4) is 0 Å². The Balaban J connectivity index is 2.57. The molecule has 10 heteroatoms. The van der Waals surface area contributed by atoms with Crippen molar-refractivity contribution in [3.05, 3.63) is 22.5 Å². The van der Waals surface area contributed by atoms with Crippen molar-refractivity contribution in [1.29, 1.82) is 0 Å². The monoisotopic (exact) mass is 347 g/mol. The number of ether oxygens (including phenoxy) is 2. The molecule has 0 unspecified atom stereocenters. The Kier molecular flexibility index (Phi) is 7.69. The lowest BCUT2D eigenvalue weighted by Gasteiger charge is -2.14. The van der Waals surface area contributed by atoms with Crippen molar-refractivity contribution >= 4 is 30.3 Å². The number of nitrogens with one attached hydrogen (secondary N) is 1. The molecule has 1 aromatic rings. The molecule has 1 atom stereocenters. The zero-order chi connectivity index (χ0) is 17.4. The van der Waals surface area contributed by atoms with Gasteiger partial charge in [0, 0.05) is 13.3 Å². The number of carbonyl (C=O) groups excluding carboxylic acids is 2. The maximum absolute atomic E-state index is 13.7. The van der Waals surface area contributed by atoms with Crippen molar-refractivity contribution in [3.8, 4) is 0 Å². The van der Waals surface area contributed by atoms with E-state index in [1.165, 1.54) is 6.92 Å². The lowest BCUT2D eigenvalue weighted by Crippen LogP contribution is -2.28. The van der Waals surface area contributed by atoms with Crippen molar-refractivity contribution in [3.63, 3.8) is 0 Å². The van der Waals surface area contributed by atoms with Gasteiger partial charge in [0.15, 0.2) is 11.6 Å². The second-order valence-electron chi connectivity index (χ2n) is 4.55. The van der Waals surface area contributed by atoms with Crippen LogP contribution >= 0.6 is 12.6 Å². The Morgan fingerprint density at radius 1 is 1.52 bits per heavy atom. The van der Waals surface area contributed by atoms with Crippen LogP contribution in [-0.2, 0) is 25.8 Å². The van der Waals surface area contributed by atoms with Crippen LogP contribution in [0.15, 0.2) is 11.0 Å². The van der Waals surface area contributed by atoms with Crippen LogP contribution in [0.4, 0.5) is 10.2 Å². The fourth-order valence-corrected chi connectivity index (χ4v) is 1.61. The Morgan fingerprint density at radius 3 is 2.83 bits per heavy atom. The number of nitrogens with zero attached hydrogens (tertiary/aromatic N) is 2. The van der Waals surface area contributed by atoms with Gasteiger partial charge < -0.3 is 14.8 Å². The number of hydrogen-bond donors (Lipinski definition) is 2. The van der Waals surface area contributed by atoms with Crippen molar-refractivity contribution in [2.24, 2.45) is 0 Å². The van der Waals surface area contributed by atoms with E-state index in [0.717, 1.165) is 10.8 Å². The van der Waals surface area contributed by atoms with Gasteiger partial charge in [-0.15, -0.1) is 12.6 Å². The molecule has 0 bridgehead atoms. The first-order valence-corrected chi connectivity index (χ1v) is 7.35. The van der Waals surface area contributed by atoms with E-state index in [0.29, 0.717) is 12.8 Å². The molecule has 1 N–H and O–H groups in total. The molecule has 1 rings (SSSR count). The molecule has 0 aliphatic heterocycles. The Hall–Kier alpha value is -1.94. The molecule has 0 saturated heterocycles. The van der Waals surface area contributed by atoms with E-state index in [2.05, 4.69) is 22.9 Å². The number of hydrogen-bond acceptors (Lipinski definition) is 7. The fourth-order valence-electron chi connectivity index (χ4n) is 1.47. The van der Waals surface area contributed by atoms with Gasteiger partial charge in [0.2, 0.25) is 5.91 Å². The Morgan fingerprint density at radius 2 is 2.22 bits per heavy atom. The number of amides is 1. The number of thiol groups is 1. The highest BCUT2D eigenvalue weighted by molar-refractivity contribution is 7.80. The van der Waals surface area contributed by atoms with Gasteiger partial charge in [0.05, 0.1) is 6.20 Å². The summed E-state index contributed by atoms with van der Waals surface area (Å²) in [6.45, 7) is 2.58. The van der Waals surface area contributed by atoms with E-state index in [4.69, 9.17) is 9.47 Å². The lowest BCUT2D eigenvalue weighted by molar-refractivity contribution is -0.146. The molecule has 1 amide bonds. The average Bonchev–Trinajstić information content (AvgIpc) is 2.47. The van der Waals surface area contributed by atoms with Crippen LogP contribution in [0.5, 0.6) is 0 Å². The van der Waals surface area contributed by atoms with Gasteiger partial charge in [-0.05, 0) is 6.42 Å². The van der Waals surface area contributed by atoms with Gasteiger partial charge in [-0.2, -0.15) is 4.98 Å². The highest BCUT2D eigenvalue weighted by atomic mass is 32.1. The number of carbonyl (C=O) groups is 2. The molecule has 0 aliphatic carbocycles. The minimum Gasteiger partial charge on any atom is -0.462 e. The van der Waals surface area contributed by atoms with Crippen LogP contribution in [0.2, 0.25) is 0 Å². The summed E-state index contributed by atoms with van der Waals surface area (Å²) in [6.07, 6.45) is 1.81. The normalized spacial score (nSPS) is 11.8. The van der Waals surface area contributed by atoms with Crippen molar-refractivity contribution in [2.75, 3.05) is 11.9 Å². The molecule has 0 radical (unpaired) electrons. The van der Waals surface area contributed by atoms with Crippen molar-refractivity contribution < 1.29 is 23.5 Å². The standard InChI is InChI=1S/C13H18FN3O5S/c1-3-4-10(19)21-6-11(23)22-7-17-5-9(14)12(15-8(2)18)16-13(17)20/h5,11,23H,3-4,6-7H2,1-2H3,(H,15,16,18,20)/t11-/m0/s1. The molecule has 8 nitrogen and oxygen atoms in total. The van der Waals surface area contributed by atoms with Crippen LogP contribution in [0.25, 0.3) is 0 Å². The second-order valence-corrected chi connectivity index (χ2v) is 5.13. The van der Waals surface area contributed by atoms with Gasteiger partial charge in [0.25, 0.3) is 0 Å². The summed E-state index contributed by atoms with van der Waals surface area (Å²) >= 11 is 4.04. The van der Waals surface area contributed by atoms with Gasteiger partial charge in [-0.25, -0.2) is 9.18 Å². The summed E-state index contributed by atoms with van der Waals surface area (Å²) in [5.74, 6) is -2.25.